The highest BCUT2D eigenvalue weighted by molar-refractivity contribution is 9.10. The van der Waals surface area contributed by atoms with Crippen LogP contribution >= 0.6 is 15.9 Å². The lowest BCUT2D eigenvalue weighted by molar-refractivity contribution is -0.122. The summed E-state index contributed by atoms with van der Waals surface area (Å²) in [5, 5.41) is 2.83. The van der Waals surface area contributed by atoms with E-state index in [1.54, 1.807) is 18.3 Å². The monoisotopic (exact) mass is 402 g/mol. The van der Waals surface area contributed by atoms with E-state index in [-0.39, 0.29) is 17.7 Å². The molecule has 0 spiro atoms. The number of anilines is 2. The number of piperidine rings is 1. The molecule has 0 bridgehead atoms. The number of carbonyl (C=O) groups is 2. The Hall–Kier alpha value is -2.41. The maximum atomic E-state index is 12.2. The van der Waals surface area contributed by atoms with Gasteiger partial charge in [-0.25, -0.2) is 4.98 Å². The van der Waals surface area contributed by atoms with Crippen molar-refractivity contribution in [1.29, 1.82) is 0 Å². The number of amides is 2. The van der Waals surface area contributed by atoms with Crippen LogP contribution in [0.15, 0.2) is 47.1 Å². The summed E-state index contributed by atoms with van der Waals surface area (Å²) >= 11 is 3.34. The molecule has 1 aromatic heterocycles. The number of nitrogens with zero attached hydrogens (tertiary/aromatic N) is 2. The minimum Gasteiger partial charge on any atom is -0.369 e. The minimum atomic E-state index is -0.261. The topological polar surface area (TPSA) is 88.3 Å². The van der Waals surface area contributed by atoms with Gasteiger partial charge in [-0.05, 0) is 49.2 Å². The summed E-state index contributed by atoms with van der Waals surface area (Å²) in [5.74, 6) is 0.205. The van der Waals surface area contributed by atoms with Crippen LogP contribution in [-0.4, -0.2) is 29.9 Å². The van der Waals surface area contributed by atoms with Gasteiger partial charge in [0.2, 0.25) is 5.91 Å². The van der Waals surface area contributed by atoms with Gasteiger partial charge in [0.05, 0.1) is 17.8 Å². The lowest BCUT2D eigenvalue weighted by atomic mass is 9.97. The normalized spacial score (nSPS) is 17.2. The Kier molecular flexibility index (Phi) is 5.33. The minimum absolute atomic E-state index is 0.132. The van der Waals surface area contributed by atoms with E-state index in [4.69, 9.17) is 5.73 Å². The van der Waals surface area contributed by atoms with Crippen LogP contribution in [0.5, 0.6) is 0 Å². The van der Waals surface area contributed by atoms with E-state index < -0.39 is 0 Å². The number of rotatable bonds is 4. The zero-order chi connectivity index (χ0) is 17.8. The van der Waals surface area contributed by atoms with Gasteiger partial charge < -0.3 is 16.0 Å². The molecule has 1 fully saturated rings. The van der Waals surface area contributed by atoms with Gasteiger partial charge in [0.15, 0.2) is 0 Å². The van der Waals surface area contributed by atoms with Crippen molar-refractivity contribution in [3.05, 3.63) is 52.6 Å². The third kappa shape index (κ3) is 4.36. The first-order chi connectivity index (χ1) is 12.0. The molecule has 0 saturated carbocycles. The summed E-state index contributed by atoms with van der Waals surface area (Å²) in [6.45, 7) is 1.44. The molecule has 1 unspecified atom stereocenters. The second-order valence-electron chi connectivity index (χ2n) is 6.05. The van der Waals surface area contributed by atoms with Crippen LogP contribution in [0.4, 0.5) is 11.5 Å². The number of primary amides is 1. The zero-order valence-electron chi connectivity index (χ0n) is 13.6. The molecule has 130 valence electrons. The highest BCUT2D eigenvalue weighted by Gasteiger charge is 2.24. The molecular weight excluding hydrogens is 384 g/mol. The third-order valence-electron chi connectivity index (χ3n) is 4.26. The Morgan fingerprint density at radius 1 is 1.20 bits per heavy atom. The van der Waals surface area contributed by atoms with Crippen molar-refractivity contribution in [1.82, 2.24) is 4.98 Å². The van der Waals surface area contributed by atoms with Crippen LogP contribution in [0.1, 0.15) is 23.2 Å². The van der Waals surface area contributed by atoms with Crippen molar-refractivity contribution in [2.75, 3.05) is 23.3 Å². The second-order valence-corrected chi connectivity index (χ2v) is 6.97. The van der Waals surface area contributed by atoms with E-state index in [1.807, 2.05) is 24.3 Å². The molecule has 2 heterocycles. The molecule has 1 atom stereocenters. The highest BCUT2D eigenvalue weighted by Crippen LogP contribution is 2.22. The van der Waals surface area contributed by atoms with E-state index >= 15 is 0 Å². The van der Waals surface area contributed by atoms with E-state index in [2.05, 4.69) is 31.1 Å². The van der Waals surface area contributed by atoms with Crippen molar-refractivity contribution < 1.29 is 9.59 Å². The molecular formula is C18H19BrN4O2. The number of nitrogens with one attached hydrogen (secondary N) is 1. The molecule has 3 rings (SSSR count). The van der Waals surface area contributed by atoms with Gasteiger partial charge in [-0.3, -0.25) is 9.59 Å². The molecule has 2 amide bonds. The van der Waals surface area contributed by atoms with Crippen LogP contribution < -0.4 is 16.0 Å². The molecule has 1 aliphatic heterocycles. The fourth-order valence-corrected chi connectivity index (χ4v) is 3.13. The van der Waals surface area contributed by atoms with Crippen LogP contribution in [-0.2, 0) is 4.79 Å². The number of halogens is 1. The quantitative estimate of drug-likeness (QED) is 0.822. The molecule has 1 aliphatic rings. The zero-order valence-corrected chi connectivity index (χ0v) is 15.2. The molecule has 6 nitrogen and oxygen atoms in total. The van der Waals surface area contributed by atoms with E-state index in [9.17, 15) is 9.59 Å². The summed E-state index contributed by atoms with van der Waals surface area (Å²) in [4.78, 5) is 30.1. The van der Waals surface area contributed by atoms with E-state index in [1.165, 1.54) is 0 Å². The molecule has 3 N–H and O–H groups in total. The second kappa shape index (κ2) is 7.65. The Balaban J connectivity index is 1.65. The van der Waals surface area contributed by atoms with Crippen molar-refractivity contribution in [3.8, 4) is 0 Å². The smallest absolute Gasteiger partial charge is 0.255 e. The van der Waals surface area contributed by atoms with Crippen LogP contribution in [0.2, 0.25) is 0 Å². The molecule has 0 radical (unpaired) electrons. The largest absolute Gasteiger partial charge is 0.369 e. The average Bonchev–Trinajstić information content (AvgIpc) is 2.63. The first-order valence-corrected chi connectivity index (χ1v) is 8.89. The SMILES string of the molecule is NC(=O)C1CCCN(c2ccc(NC(=O)c3ccc(Br)cc3)cn2)C1. The number of benzene rings is 1. The Morgan fingerprint density at radius 3 is 2.60 bits per heavy atom. The van der Waals surface area contributed by atoms with Crippen LogP contribution in [0.25, 0.3) is 0 Å². The van der Waals surface area contributed by atoms with Gasteiger partial charge in [0, 0.05) is 23.1 Å². The van der Waals surface area contributed by atoms with E-state index in [0.29, 0.717) is 17.8 Å². The summed E-state index contributed by atoms with van der Waals surface area (Å²) in [6.07, 6.45) is 3.37. The molecule has 1 aromatic carbocycles. The summed E-state index contributed by atoms with van der Waals surface area (Å²) in [6, 6.07) is 10.8. The number of hydrogen-bond acceptors (Lipinski definition) is 4. The lowest BCUT2D eigenvalue weighted by Crippen LogP contribution is -2.41. The summed E-state index contributed by atoms with van der Waals surface area (Å²) in [7, 11) is 0. The van der Waals surface area contributed by atoms with Crippen LogP contribution in [0, 0.1) is 5.92 Å². The van der Waals surface area contributed by atoms with Crippen molar-refractivity contribution in [2.24, 2.45) is 11.7 Å². The maximum absolute atomic E-state index is 12.2. The lowest BCUT2D eigenvalue weighted by Gasteiger charge is -2.32. The van der Waals surface area contributed by atoms with Crippen molar-refractivity contribution >= 4 is 39.2 Å². The maximum Gasteiger partial charge on any atom is 0.255 e. The van der Waals surface area contributed by atoms with Gasteiger partial charge in [-0.1, -0.05) is 15.9 Å². The highest BCUT2D eigenvalue weighted by atomic mass is 79.9. The van der Waals surface area contributed by atoms with E-state index in [0.717, 1.165) is 29.7 Å². The number of nitrogens with two attached hydrogens (primary N) is 1. The first-order valence-electron chi connectivity index (χ1n) is 8.10. The van der Waals surface area contributed by atoms with Crippen LogP contribution in [0.3, 0.4) is 0 Å². The fraction of sp³-hybridized carbons (Fsp3) is 0.278. The summed E-state index contributed by atoms with van der Waals surface area (Å²) in [5.41, 5.74) is 6.62. The summed E-state index contributed by atoms with van der Waals surface area (Å²) < 4.78 is 0.922. The fourth-order valence-electron chi connectivity index (χ4n) is 2.87. The molecule has 2 aromatic rings. The number of pyridine rings is 1. The predicted octanol–water partition coefficient (Wildman–Crippen LogP) is 2.80. The number of carbonyl (C=O) groups excluding carboxylic acids is 2. The van der Waals surface area contributed by atoms with Gasteiger partial charge in [-0.2, -0.15) is 0 Å². The van der Waals surface area contributed by atoms with Crippen molar-refractivity contribution in [3.63, 3.8) is 0 Å². The molecule has 7 heteroatoms. The third-order valence-corrected chi connectivity index (χ3v) is 4.79. The Bertz CT molecular complexity index is 762. The molecule has 1 saturated heterocycles. The van der Waals surface area contributed by atoms with Gasteiger partial charge in [0.25, 0.3) is 5.91 Å². The standard InChI is InChI=1S/C18H19BrN4O2/c19-14-5-3-12(4-6-14)18(25)22-15-7-8-16(21-10-15)23-9-1-2-13(11-23)17(20)24/h3-8,10,13H,1-2,9,11H2,(H2,20,24)(H,22,25). The van der Waals surface area contributed by atoms with Gasteiger partial charge in [-0.15, -0.1) is 0 Å². The Labute approximate surface area is 154 Å². The van der Waals surface area contributed by atoms with Crippen molar-refractivity contribution in [2.45, 2.75) is 12.8 Å². The number of hydrogen-bond donors (Lipinski definition) is 2. The molecule has 25 heavy (non-hydrogen) atoms. The predicted molar refractivity (Wildman–Crippen MR) is 100 cm³/mol. The molecule has 0 aliphatic carbocycles. The number of aromatic nitrogens is 1. The van der Waals surface area contributed by atoms with Gasteiger partial charge >= 0.3 is 0 Å². The van der Waals surface area contributed by atoms with Gasteiger partial charge in [0.1, 0.15) is 5.82 Å². The average molecular weight is 403 g/mol. The Morgan fingerprint density at radius 2 is 1.96 bits per heavy atom. The first kappa shape index (κ1) is 17.4.